The number of amides is 1. The number of benzene rings is 1. The summed E-state index contributed by atoms with van der Waals surface area (Å²) in [6.07, 6.45) is 4.37. The first-order valence-corrected chi connectivity index (χ1v) is 8.46. The fourth-order valence-corrected chi connectivity index (χ4v) is 3.36. The van der Waals surface area contributed by atoms with E-state index in [0.29, 0.717) is 27.6 Å². The molecule has 0 aliphatic heterocycles. The number of hydrogen-bond donors (Lipinski definition) is 1. The lowest BCUT2D eigenvalue weighted by Crippen LogP contribution is -2.37. The Hall–Kier alpha value is -1.81. The number of carbonyl (C=O) groups is 1. The van der Waals surface area contributed by atoms with Crippen molar-refractivity contribution in [1.82, 2.24) is 10.5 Å². The first-order chi connectivity index (χ1) is 11.1. The van der Waals surface area contributed by atoms with Gasteiger partial charge in [0.1, 0.15) is 17.0 Å². The second kappa shape index (κ2) is 6.75. The molecule has 0 spiro atoms. The standard InChI is InChI=1S/C18H21ClN2O2/c1-11-7-9-13(10-8-11)20-18(22)16-12(2)23-21-17(16)14-5-3-4-6-15(14)19/h3-6,11,13H,7-10H2,1-2H3,(H,20,22). The quantitative estimate of drug-likeness (QED) is 0.892. The van der Waals surface area contributed by atoms with Crippen molar-refractivity contribution in [3.63, 3.8) is 0 Å². The molecule has 1 saturated carbocycles. The monoisotopic (exact) mass is 332 g/mol. The molecule has 0 radical (unpaired) electrons. The fourth-order valence-electron chi connectivity index (χ4n) is 3.14. The van der Waals surface area contributed by atoms with Crippen LogP contribution in [0.25, 0.3) is 11.3 Å². The van der Waals surface area contributed by atoms with Gasteiger partial charge in [-0.2, -0.15) is 0 Å². The first kappa shape index (κ1) is 16.1. The van der Waals surface area contributed by atoms with E-state index >= 15 is 0 Å². The molecule has 23 heavy (non-hydrogen) atoms. The maximum atomic E-state index is 12.7. The zero-order valence-corrected chi connectivity index (χ0v) is 14.2. The maximum Gasteiger partial charge on any atom is 0.257 e. The third kappa shape index (κ3) is 3.42. The Labute approximate surface area is 141 Å². The molecule has 5 heteroatoms. The van der Waals surface area contributed by atoms with Crippen molar-refractivity contribution < 1.29 is 9.32 Å². The molecule has 1 amide bonds. The third-order valence-electron chi connectivity index (χ3n) is 4.57. The van der Waals surface area contributed by atoms with E-state index in [-0.39, 0.29) is 11.9 Å². The zero-order valence-electron chi connectivity index (χ0n) is 13.4. The minimum absolute atomic E-state index is 0.127. The van der Waals surface area contributed by atoms with E-state index in [4.69, 9.17) is 16.1 Å². The summed E-state index contributed by atoms with van der Waals surface area (Å²) < 4.78 is 5.26. The van der Waals surface area contributed by atoms with Crippen LogP contribution in [0.3, 0.4) is 0 Å². The Kier molecular flexibility index (Phi) is 4.71. The molecule has 1 aliphatic rings. The van der Waals surface area contributed by atoms with E-state index < -0.39 is 0 Å². The van der Waals surface area contributed by atoms with Crippen molar-refractivity contribution in [1.29, 1.82) is 0 Å². The summed E-state index contributed by atoms with van der Waals surface area (Å²) in [6, 6.07) is 7.58. The van der Waals surface area contributed by atoms with Gasteiger partial charge in [-0.1, -0.05) is 41.9 Å². The van der Waals surface area contributed by atoms with Gasteiger partial charge in [0, 0.05) is 11.6 Å². The van der Waals surface area contributed by atoms with Gasteiger partial charge in [0.05, 0.1) is 5.02 Å². The zero-order chi connectivity index (χ0) is 16.4. The van der Waals surface area contributed by atoms with Crippen LogP contribution in [-0.4, -0.2) is 17.1 Å². The van der Waals surface area contributed by atoms with Crippen molar-refractivity contribution in [2.75, 3.05) is 0 Å². The minimum atomic E-state index is -0.127. The number of halogens is 1. The molecule has 0 atom stereocenters. The van der Waals surface area contributed by atoms with Crippen LogP contribution in [0.2, 0.25) is 5.02 Å². The molecular formula is C18H21ClN2O2. The van der Waals surface area contributed by atoms with Gasteiger partial charge >= 0.3 is 0 Å². The summed E-state index contributed by atoms with van der Waals surface area (Å²) in [7, 11) is 0. The van der Waals surface area contributed by atoms with Gasteiger partial charge in [-0.15, -0.1) is 0 Å². The Morgan fingerprint density at radius 3 is 2.65 bits per heavy atom. The van der Waals surface area contributed by atoms with Crippen LogP contribution in [0.4, 0.5) is 0 Å². The molecule has 1 aliphatic carbocycles. The summed E-state index contributed by atoms with van der Waals surface area (Å²) >= 11 is 6.24. The molecule has 1 aromatic heterocycles. The van der Waals surface area contributed by atoms with Crippen LogP contribution in [0.5, 0.6) is 0 Å². The van der Waals surface area contributed by atoms with Gasteiger partial charge in [0.15, 0.2) is 0 Å². The highest BCUT2D eigenvalue weighted by Gasteiger charge is 2.26. The van der Waals surface area contributed by atoms with Crippen molar-refractivity contribution >= 4 is 17.5 Å². The van der Waals surface area contributed by atoms with E-state index in [2.05, 4.69) is 17.4 Å². The molecule has 1 aromatic carbocycles. The van der Waals surface area contributed by atoms with Crippen molar-refractivity contribution in [2.45, 2.75) is 45.6 Å². The van der Waals surface area contributed by atoms with Gasteiger partial charge in [-0.25, -0.2) is 0 Å². The molecule has 4 nitrogen and oxygen atoms in total. The number of rotatable bonds is 3. The highest BCUT2D eigenvalue weighted by atomic mass is 35.5. The summed E-state index contributed by atoms with van der Waals surface area (Å²) in [5, 5.41) is 7.74. The molecular weight excluding hydrogens is 312 g/mol. The van der Waals surface area contributed by atoms with E-state index in [1.165, 1.54) is 0 Å². The summed E-state index contributed by atoms with van der Waals surface area (Å²) in [4.78, 5) is 12.7. The third-order valence-corrected chi connectivity index (χ3v) is 4.90. The normalized spacial score (nSPS) is 21.2. The number of aromatic nitrogens is 1. The number of hydrogen-bond acceptors (Lipinski definition) is 3. The maximum absolute atomic E-state index is 12.7. The second-order valence-corrected chi connectivity index (χ2v) is 6.78. The fraction of sp³-hybridized carbons (Fsp3) is 0.444. The number of nitrogens with one attached hydrogen (secondary N) is 1. The average Bonchev–Trinajstić information content (AvgIpc) is 2.91. The minimum Gasteiger partial charge on any atom is -0.360 e. The van der Waals surface area contributed by atoms with Crippen LogP contribution >= 0.6 is 11.6 Å². The summed E-state index contributed by atoms with van der Waals surface area (Å²) in [5.41, 5.74) is 1.71. The molecule has 3 rings (SSSR count). The smallest absolute Gasteiger partial charge is 0.257 e. The predicted molar refractivity (Wildman–Crippen MR) is 90.6 cm³/mol. The van der Waals surface area contributed by atoms with E-state index in [0.717, 1.165) is 31.6 Å². The predicted octanol–water partition coefficient (Wildman–Crippen LogP) is 4.61. The molecule has 1 heterocycles. The van der Waals surface area contributed by atoms with E-state index in [1.54, 1.807) is 13.0 Å². The van der Waals surface area contributed by atoms with Crippen LogP contribution in [-0.2, 0) is 0 Å². The van der Waals surface area contributed by atoms with Gasteiger partial charge in [-0.05, 0) is 44.6 Å². The van der Waals surface area contributed by atoms with Crippen LogP contribution < -0.4 is 5.32 Å². The lowest BCUT2D eigenvalue weighted by Gasteiger charge is -2.26. The van der Waals surface area contributed by atoms with Gasteiger partial charge in [0.25, 0.3) is 5.91 Å². The Bertz CT molecular complexity index is 703. The number of nitrogens with zero attached hydrogens (tertiary/aromatic N) is 1. The van der Waals surface area contributed by atoms with Gasteiger partial charge in [-0.3, -0.25) is 4.79 Å². The first-order valence-electron chi connectivity index (χ1n) is 8.08. The SMILES string of the molecule is Cc1onc(-c2ccccc2Cl)c1C(=O)NC1CCC(C)CC1. The number of aryl methyl sites for hydroxylation is 1. The van der Waals surface area contributed by atoms with Crippen LogP contribution in [0, 0.1) is 12.8 Å². The molecule has 1 fully saturated rings. The average molecular weight is 333 g/mol. The van der Waals surface area contributed by atoms with E-state index in [1.807, 2.05) is 18.2 Å². The topological polar surface area (TPSA) is 55.1 Å². The molecule has 0 unspecified atom stereocenters. The lowest BCUT2D eigenvalue weighted by molar-refractivity contribution is 0.0922. The van der Waals surface area contributed by atoms with Crippen LogP contribution in [0.15, 0.2) is 28.8 Å². The lowest BCUT2D eigenvalue weighted by atomic mass is 9.87. The van der Waals surface area contributed by atoms with Crippen molar-refractivity contribution in [3.05, 3.63) is 40.6 Å². The summed E-state index contributed by atoms with van der Waals surface area (Å²) in [6.45, 7) is 4.02. The molecule has 0 bridgehead atoms. The van der Waals surface area contributed by atoms with E-state index in [9.17, 15) is 4.79 Å². The van der Waals surface area contributed by atoms with Crippen molar-refractivity contribution in [2.24, 2.45) is 5.92 Å². The molecule has 1 N–H and O–H groups in total. The Morgan fingerprint density at radius 1 is 1.26 bits per heavy atom. The Balaban J connectivity index is 1.84. The largest absolute Gasteiger partial charge is 0.360 e. The van der Waals surface area contributed by atoms with Crippen LogP contribution in [0.1, 0.15) is 48.7 Å². The molecule has 0 saturated heterocycles. The molecule has 122 valence electrons. The second-order valence-electron chi connectivity index (χ2n) is 6.37. The van der Waals surface area contributed by atoms with Gasteiger partial charge in [0.2, 0.25) is 0 Å². The number of carbonyl (C=O) groups excluding carboxylic acids is 1. The Morgan fingerprint density at radius 2 is 1.96 bits per heavy atom. The highest BCUT2D eigenvalue weighted by Crippen LogP contribution is 2.31. The van der Waals surface area contributed by atoms with Crippen molar-refractivity contribution in [3.8, 4) is 11.3 Å². The summed E-state index contributed by atoms with van der Waals surface area (Å²) in [5.74, 6) is 1.14. The highest BCUT2D eigenvalue weighted by molar-refractivity contribution is 6.33. The molecule has 2 aromatic rings. The van der Waals surface area contributed by atoms with Gasteiger partial charge < -0.3 is 9.84 Å².